The smallest absolute Gasteiger partial charge is 0.263 e. The maximum Gasteiger partial charge on any atom is 0.263 e. The molecule has 0 spiro atoms. The number of hydrogen-bond acceptors (Lipinski definition) is 3. The number of thiophene rings is 1. The minimum atomic E-state index is -0.0201. The van der Waals surface area contributed by atoms with E-state index >= 15 is 0 Å². The maximum absolute atomic E-state index is 12.3. The number of carbonyl (C=O) groups excluding carboxylic acids is 1. The van der Waals surface area contributed by atoms with Crippen LogP contribution >= 0.6 is 11.3 Å². The van der Waals surface area contributed by atoms with E-state index in [0.29, 0.717) is 16.5 Å². The second kappa shape index (κ2) is 5.44. The van der Waals surface area contributed by atoms with Crippen LogP contribution in [-0.2, 0) is 0 Å². The molecule has 0 radical (unpaired) electrons. The number of fused-ring (bicyclic) bond motifs is 1. The largest absolute Gasteiger partial charge is 0.397 e. The highest BCUT2D eigenvalue weighted by molar-refractivity contribution is 7.21. The monoisotopic (exact) mass is 288 g/mol. The van der Waals surface area contributed by atoms with Crippen LogP contribution in [-0.4, -0.2) is 12.5 Å². The van der Waals surface area contributed by atoms with Gasteiger partial charge in [0.1, 0.15) is 4.88 Å². The number of nitrogens with one attached hydrogen (secondary N) is 1. The average Bonchev–Trinajstić information content (AvgIpc) is 3.05. The van der Waals surface area contributed by atoms with E-state index in [1.54, 1.807) is 0 Å². The Kier molecular flexibility index (Phi) is 3.66. The van der Waals surface area contributed by atoms with Crippen LogP contribution in [0.1, 0.15) is 40.9 Å². The Labute approximate surface area is 123 Å². The van der Waals surface area contributed by atoms with Crippen molar-refractivity contribution in [3.05, 3.63) is 28.6 Å². The summed E-state index contributed by atoms with van der Waals surface area (Å²) in [6.07, 6.45) is 5.07. The van der Waals surface area contributed by atoms with E-state index in [1.165, 1.54) is 42.6 Å². The van der Waals surface area contributed by atoms with Gasteiger partial charge < -0.3 is 11.1 Å². The van der Waals surface area contributed by atoms with E-state index in [-0.39, 0.29) is 5.91 Å². The highest BCUT2D eigenvalue weighted by Gasteiger charge is 2.19. The van der Waals surface area contributed by atoms with Gasteiger partial charge in [-0.2, -0.15) is 0 Å². The van der Waals surface area contributed by atoms with Crippen molar-refractivity contribution in [2.75, 3.05) is 12.3 Å². The Morgan fingerprint density at radius 2 is 2.15 bits per heavy atom. The fraction of sp³-hybridized carbons (Fsp3) is 0.438. The molecule has 3 rings (SSSR count). The molecule has 1 aromatic carbocycles. The number of anilines is 1. The standard InChI is InChI=1S/C16H20N2OS/c1-10-6-7-13-12(8-10)14(17)15(20-13)16(19)18-9-11-4-2-3-5-11/h6-8,11H,2-5,9,17H2,1H3,(H,18,19). The van der Waals surface area contributed by atoms with Gasteiger partial charge >= 0.3 is 0 Å². The molecule has 1 heterocycles. The number of amides is 1. The van der Waals surface area contributed by atoms with Crippen molar-refractivity contribution in [2.45, 2.75) is 32.6 Å². The van der Waals surface area contributed by atoms with Crippen LogP contribution in [0.5, 0.6) is 0 Å². The molecule has 0 saturated heterocycles. The number of hydrogen-bond donors (Lipinski definition) is 2. The van der Waals surface area contributed by atoms with Crippen LogP contribution in [0.25, 0.3) is 10.1 Å². The molecule has 3 N–H and O–H groups in total. The Bertz CT molecular complexity index is 641. The maximum atomic E-state index is 12.3. The third-order valence-electron chi connectivity index (χ3n) is 4.11. The van der Waals surface area contributed by atoms with Crippen LogP contribution in [0, 0.1) is 12.8 Å². The molecule has 0 aliphatic heterocycles. The Hall–Kier alpha value is -1.55. The second-order valence-corrected chi connectivity index (χ2v) is 6.76. The van der Waals surface area contributed by atoms with Crippen LogP contribution in [0.3, 0.4) is 0 Å². The zero-order valence-corrected chi connectivity index (χ0v) is 12.6. The zero-order chi connectivity index (χ0) is 14.1. The third kappa shape index (κ3) is 2.52. The molecule has 4 heteroatoms. The summed E-state index contributed by atoms with van der Waals surface area (Å²) in [5, 5.41) is 4.05. The van der Waals surface area contributed by atoms with Gasteiger partial charge in [-0.05, 0) is 37.8 Å². The van der Waals surface area contributed by atoms with Gasteiger partial charge in [-0.3, -0.25) is 4.79 Å². The van der Waals surface area contributed by atoms with Crippen LogP contribution < -0.4 is 11.1 Å². The summed E-state index contributed by atoms with van der Waals surface area (Å²) in [6.45, 7) is 2.82. The van der Waals surface area contributed by atoms with Crippen molar-refractivity contribution in [2.24, 2.45) is 5.92 Å². The highest BCUT2D eigenvalue weighted by atomic mass is 32.1. The first-order valence-corrected chi connectivity index (χ1v) is 8.03. The second-order valence-electron chi connectivity index (χ2n) is 5.70. The average molecular weight is 288 g/mol. The third-order valence-corrected chi connectivity index (χ3v) is 5.30. The predicted octanol–water partition coefficient (Wildman–Crippen LogP) is 3.71. The van der Waals surface area contributed by atoms with Gasteiger partial charge in [-0.15, -0.1) is 11.3 Å². The molecule has 106 valence electrons. The molecule has 1 aliphatic rings. The van der Waals surface area contributed by atoms with E-state index < -0.39 is 0 Å². The van der Waals surface area contributed by atoms with Crippen molar-refractivity contribution in [1.29, 1.82) is 0 Å². The lowest BCUT2D eigenvalue weighted by Crippen LogP contribution is -2.28. The van der Waals surface area contributed by atoms with Crippen LogP contribution in [0.15, 0.2) is 18.2 Å². The molecule has 1 aliphatic carbocycles. The lowest BCUT2D eigenvalue weighted by Gasteiger charge is -2.09. The van der Waals surface area contributed by atoms with Gasteiger partial charge in [0.05, 0.1) is 5.69 Å². The molecular formula is C16H20N2OS. The Balaban J connectivity index is 1.78. The van der Waals surface area contributed by atoms with E-state index in [2.05, 4.69) is 17.4 Å². The molecule has 3 nitrogen and oxygen atoms in total. The molecule has 1 fully saturated rings. The lowest BCUT2D eigenvalue weighted by atomic mass is 10.1. The van der Waals surface area contributed by atoms with Gasteiger partial charge in [0.25, 0.3) is 5.91 Å². The molecule has 1 aromatic heterocycles. The van der Waals surface area contributed by atoms with Gasteiger partial charge in [-0.1, -0.05) is 24.5 Å². The van der Waals surface area contributed by atoms with Crippen LogP contribution in [0.4, 0.5) is 5.69 Å². The minimum Gasteiger partial charge on any atom is -0.397 e. The number of nitrogens with two attached hydrogens (primary N) is 1. The van der Waals surface area contributed by atoms with E-state index in [9.17, 15) is 4.79 Å². The van der Waals surface area contributed by atoms with Crippen molar-refractivity contribution in [1.82, 2.24) is 5.32 Å². The zero-order valence-electron chi connectivity index (χ0n) is 11.7. The highest BCUT2D eigenvalue weighted by Crippen LogP contribution is 2.34. The summed E-state index contributed by atoms with van der Waals surface area (Å²) in [4.78, 5) is 13.0. The topological polar surface area (TPSA) is 55.1 Å². The van der Waals surface area contributed by atoms with Crippen molar-refractivity contribution in [3.8, 4) is 0 Å². The molecule has 0 unspecified atom stereocenters. The van der Waals surface area contributed by atoms with Crippen molar-refractivity contribution < 1.29 is 4.79 Å². The molecule has 0 bridgehead atoms. The summed E-state index contributed by atoms with van der Waals surface area (Å²) < 4.78 is 1.08. The fourth-order valence-corrected chi connectivity index (χ4v) is 3.95. The Morgan fingerprint density at radius 1 is 1.40 bits per heavy atom. The summed E-state index contributed by atoms with van der Waals surface area (Å²) >= 11 is 1.49. The first kappa shape index (κ1) is 13.4. The molecule has 1 saturated carbocycles. The number of benzene rings is 1. The van der Waals surface area contributed by atoms with E-state index in [4.69, 9.17) is 5.73 Å². The van der Waals surface area contributed by atoms with Crippen LogP contribution in [0.2, 0.25) is 0 Å². The van der Waals surface area contributed by atoms with E-state index in [1.807, 2.05) is 13.0 Å². The quantitative estimate of drug-likeness (QED) is 0.904. The molecular weight excluding hydrogens is 268 g/mol. The lowest BCUT2D eigenvalue weighted by molar-refractivity contribution is 0.0952. The van der Waals surface area contributed by atoms with Gasteiger partial charge in [0, 0.05) is 16.6 Å². The minimum absolute atomic E-state index is 0.0201. The van der Waals surface area contributed by atoms with Crippen molar-refractivity contribution in [3.63, 3.8) is 0 Å². The summed E-state index contributed by atoms with van der Waals surface area (Å²) in [5.41, 5.74) is 7.93. The van der Waals surface area contributed by atoms with Crippen molar-refractivity contribution >= 4 is 33.0 Å². The molecule has 1 amide bonds. The Morgan fingerprint density at radius 3 is 2.90 bits per heavy atom. The van der Waals surface area contributed by atoms with E-state index in [0.717, 1.165) is 16.6 Å². The fourth-order valence-electron chi connectivity index (χ4n) is 2.93. The summed E-state index contributed by atoms with van der Waals surface area (Å²) in [7, 11) is 0. The number of nitrogen functional groups attached to an aromatic ring is 1. The first-order valence-electron chi connectivity index (χ1n) is 7.22. The number of rotatable bonds is 3. The van der Waals surface area contributed by atoms with Gasteiger partial charge in [0.15, 0.2) is 0 Å². The summed E-state index contributed by atoms with van der Waals surface area (Å²) in [6, 6.07) is 6.15. The normalized spacial score (nSPS) is 15.8. The molecule has 20 heavy (non-hydrogen) atoms. The summed E-state index contributed by atoms with van der Waals surface area (Å²) in [5.74, 6) is 0.630. The predicted molar refractivity (Wildman–Crippen MR) is 85.3 cm³/mol. The number of aryl methyl sites for hydroxylation is 1. The first-order chi connectivity index (χ1) is 9.65. The molecule has 2 aromatic rings. The molecule has 0 atom stereocenters. The number of carbonyl (C=O) groups is 1. The SMILES string of the molecule is Cc1ccc2sc(C(=O)NCC3CCCC3)c(N)c2c1. The van der Waals surface area contributed by atoms with Gasteiger partial charge in [0.2, 0.25) is 0 Å². The van der Waals surface area contributed by atoms with Gasteiger partial charge in [-0.25, -0.2) is 0 Å².